The Labute approximate surface area is 119 Å². The van der Waals surface area contributed by atoms with E-state index in [2.05, 4.69) is 0 Å². The van der Waals surface area contributed by atoms with E-state index in [9.17, 15) is 21.6 Å². The molecular weight excluding hydrogens is 305 g/mol. The lowest BCUT2D eigenvalue weighted by molar-refractivity contribution is -0.0435. The molecule has 0 radical (unpaired) electrons. The van der Waals surface area contributed by atoms with E-state index in [1.54, 1.807) is 6.07 Å². The van der Waals surface area contributed by atoms with E-state index in [4.69, 9.17) is 5.73 Å². The predicted octanol–water partition coefficient (Wildman–Crippen LogP) is 3.26. The molecule has 21 heavy (non-hydrogen) atoms. The summed E-state index contributed by atoms with van der Waals surface area (Å²) in [7, 11) is -5.56. The molecule has 2 aromatic rings. The van der Waals surface area contributed by atoms with Gasteiger partial charge < -0.3 is 5.73 Å². The molecule has 0 atom stereocenters. The first-order chi connectivity index (χ1) is 9.73. The summed E-state index contributed by atoms with van der Waals surface area (Å²) < 4.78 is 62.5. The Kier molecular flexibility index (Phi) is 3.82. The number of nitrogens with zero attached hydrogens (tertiary/aromatic N) is 1. The van der Waals surface area contributed by atoms with Crippen LogP contribution in [0.2, 0.25) is 0 Å². The molecule has 0 spiro atoms. The average molecular weight is 316 g/mol. The van der Waals surface area contributed by atoms with Crippen molar-refractivity contribution in [3.63, 3.8) is 0 Å². The second-order valence-corrected chi connectivity index (χ2v) is 5.92. The van der Waals surface area contributed by atoms with Crippen LogP contribution in [0.5, 0.6) is 0 Å². The monoisotopic (exact) mass is 316 g/mol. The van der Waals surface area contributed by atoms with Crippen molar-refractivity contribution in [2.45, 2.75) is 5.51 Å². The highest BCUT2D eigenvalue weighted by Crippen LogP contribution is 2.36. The SMILES string of the molecule is Nc1ccc(N(c2ccccc2)S(=O)(=O)C(F)(F)F)cc1. The highest BCUT2D eigenvalue weighted by atomic mass is 32.2. The minimum absolute atomic E-state index is 0.111. The van der Waals surface area contributed by atoms with Gasteiger partial charge in [0, 0.05) is 5.69 Å². The van der Waals surface area contributed by atoms with Gasteiger partial charge in [-0.1, -0.05) is 18.2 Å². The number of halogens is 3. The number of hydrogen-bond acceptors (Lipinski definition) is 3. The van der Waals surface area contributed by atoms with E-state index >= 15 is 0 Å². The Hall–Kier alpha value is -2.22. The molecule has 0 saturated heterocycles. The molecule has 0 amide bonds. The number of para-hydroxylation sites is 1. The van der Waals surface area contributed by atoms with Crippen LogP contribution in [0.3, 0.4) is 0 Å². The molecule has 2 rings (SSSR count). The smallest absolute Gasteiger partial charge is 0.399 e. The highest BCUT2D eigenvalue weighted by Gasteiger charge is 2.50. The summed E-state index contributed by atoms with van der Waals surface area (Å²) >= 11 is 0. The zero-order valence-electron chi connectivity index (χ0n) is 10.6. The van der Waals surface area contributed by atoms with Gasteiger partial charge in [0.2, 0.25) is 0 Å². The fraction of sp³-hybridized carbons (Fsp3) is 0.0769. The van der Waals surface area contributed by atoms with Gasteiger partial charge in [-0.3, -0.25) is 0 Å². The van der Waals surface area contributed by atoms with Crippen LogP contribution >= 0.6 is 0 Å². The number of alkyl halides is 3. The number of hydrogen-bond donors (Lipinski definition) is 1. The minimum atomic E-state index is -5.56. The van der Waals surface area contributed by atoms with Crippen LogP contribution in [0.1, 0.15) is 0 Å². The summed E-state index contributed by atoms with van der Waals surface area (Å²) in [5, 5.41) is 0. The molecule has 0 saturated carbocycles. The Bertz CT molecular complexity index is 713. The van der Waals surface area contributed by atoms with Gasteiger partial charge in [-0.15, -0.1) is 0 Å². The van der Waals surface area contributed by atoms with Crippen LogP contribution in [0.25, 0.3) is 0 Å². The first-order valence-corrected chi connectivity index (χ1v) is 7.19. The Morgan fingerprint density at radius 1 is 0.857 bits per heavy atom. The summed E-state index contributed by atoms with van der Waals surface area (Å²) in [5.41, 5.74) is 0.116. The third-order valence-corrected chi connectivity index (χ3v) is 4.14. The molecule has 0 heterocycles. The zero-order chi connectivity index (χ0) is 15.7. The fourth-order valence-electron chi connectivity index (χ4n) is 1.70. The van der Waals surface area contributed by atoms with Crippen LogP contribution in [0.15, 0.2) is 54.6 Å². The van der Waals surface area contributed by atoms with Gasteiger partial charge in [-0.25, -0.2) is 4.31 Å². The predicted molar refractivity (Wildman–Crippen MR) is 74.4 cm³/mol. The summed E-state index contributed by atoms with van der Waals surface area (Å²) in [5.74, 6) is 0. The fourth-order valence-corrected chi connectivity index (χ4v) is 2.71. The molecule has 0 aliphatic carbocycles. The van der Waals surface area contributed by atoms with E-state index in [0.717, 1.165) is 0 Å². The zero-order valence-corrected chi connectivity index (χ0v) is 11.4. The summed E-state index contributed by atoms with van der Waals surface area (Å²) in [6.45, 7) is 0. The van der Waals surface area contributed by atoms with Gasteiger partial charge in [-0.2, -0.15) is 21.6 Å². The lowest BCUT2D eigenvalue weighted by Crippen LogP contribution is -2.37. The lowest BCUT2D eigenvalue weighted by atomic mass is 10.2. The number of rotatable bonds is 3. The largest absolute Gasteiger partial charge is 0.517 e. The molecule has 0 aromatic heterocycles. The van der Waals surface area contributed by atoms with E-state index < -0.39 is 15.5 Å². The van der Waals surface area contributed by atoms with Gasteiger partial charge in [0.05, 0.1) is 11.4 Å². The molecule has 2 N–H and O–H groups in total. The second-order valence-electron chi connectivity index (χ2n) is 4.14. The summed E-state index contributed by atoms with van der Waals surface area (Å²) in [6.07, 6.45) is 0. The molecule has 112 valence electrons. The molecular formula is C13H11F3N2O2S. The number of nitrogens with two attached hydrogens (primary N) is 1. The molecule has 2 aromatic carbocycles. The van der Waals surface area contributed by atoms with Crippen molar-refractivity contribution in [3.8, 4) is 0 Å². The number of nitrogen functional groups attached to an aromatic ring is 1. The van der Waals surface area contributed by atoms with Gasteiger partial charge in [0.1, 0.15) is 0 Å². The average Bonchev–Trinajstić information content (AvgIpc) is 2.41. The molecule has 0 unspecified atom stereocenters. The first-order valence-electron chi connectivity index (χ1n) is 5.75. The Balaban J connectivity index is 2.64. The van der Waals surface area contributed by atoms with E-state index in [1.807, 2.05) is 0 Å². The third-order valence-electron chi connectivity index (χ3n) is 2.65. The Morgan fingerprint density at radius 3 is 1.81 bits per heavy atom. The topological polar surface area (TPSA) is 63.4 Å². The molecule has 4 nitrogen and oxygen atoms in total. The quantitative estimate of drug-likeness (QED) is 0.884. The van der Waals surface area contributed by atoms with Crippen LogP contribution < -0.4 is 10.0 Å². The van der Waals surface area contributed by atoms with Gasteiger partial charge >= 0.3 is 15.5 Å². The number of sulfonamides is 1. The molecule has 0 aliphatic heterocycles. The molecule has 0 fully saturated rings. The van der Waals surface area contributed by atoms with Crippen molar-refractivity contribution in [1.82, 2.24) is 0 Å². The van der Waals surface area contributed by atoms with Crippen LogP contribution in [0, 0.1) is 0 Å². The van der Waals surface area contributed by atoms with Gasteiger partial charge in [-0.05, 0) is 36.4 Å². The van der Waals surface area contributed by atoms with Crippen molar-refractivity contribution in [2.24, 2.45) is 0 Å². The lowest BCUT2D eigenvalue weighted by Gasteiger charge is -2.25. The van der Waals surface area contributed by atoms with Crippen molar-refractivity contribution in [3.05, 3.63) is 54.6 Å². The second kappa shape index (κ2) is 5.28. The van der Waals surface area contributed by atoms with Gasteiger partial charge in [0.25, 0.3) is 0 Å². The summed E-state index contributed by atoms with van der Waals surface area (Å²) in [6, 6.07) is 12.1. The van der Waals surface area contributed by atoms with E-state index in [0.29, 0.717) is 5.69 Å². The minimum Gasteiger partial charge on any atom is -0.399 e. The maximum Gasteiger partial charge on any atom is 0.517 e. The number of anilines is 3. The van der Waals surface area contributed by atoms with Gasteiger partial charge in [0.15, 0.2) is 0 Å². The maximum absolute atomic E-state index is 12.9. The third kappa shape index (κ3) is 2.94. The molecule has 8 heteroatoms. The van der Waals surface area contributed by atoms with Crippen molar-refractivity contribution in [1.29, 1.82) is 0 Å². The van der Waals surface area contributed by atoms with Crippen molar-refractivity contribution in [2.75, 3.05) is 10.0 Å². The Morgan fingerprint density at radius 2 is 1.33 bits per heavy atom. The maximum atomic E-state index is 12.9. The standard InChI is InChI=1S/C13H11F3N2O2S/c14-13(15,16)21(19,20)18(11-4-2-1-3-5-11)12-8-6-10(17)7-9-12/h1-9H,17H2. The molecule has 0 aliphatic rings. The van der Waals surface area contributed by atoms with E-state index in [-0.39, 0.29) is 15.7 Å². The van der Waals surface area contributed by atoms with Crippen molar-refractivity contribution < 1.29 is 21.6 Å². The molecule has 0 bridgehead atoms. The van der Waals surface area contributed by atoms with E-state index in [1.165, 1.54) is 48.5 Å². The first kappa shape index (κ1) is 15.2. The normalized spacial score (nSPS) is 12.1. The van der Waals surface area contributed by atoms with Crippen LogP contribution in [-0.2, 0) is 10.0 Å². The van der Waals surface area contributed by atoms with Crippen molar-refractivity contribution >= 4 is 27.1 Å². The summed E-state index contributed by atoms with van der Waals surface area (Å²) in [4.78, 5) is 0. The highest BCUT2D eigenvalue weighted by molar-refractivity contribution is 7.94. The van der Waals surface area contributed by atoms with Crippen LogP contribution in [0.4, 0.5) is 30.2 Å². The number of benzene rings is 2. The van der Waals surface area contributed by atoms with Crippen LogP contribution in [-0.4, -0.2) is 13.9 Å².